The lowest BCUT2D eigenvalue weighted by atomic mass is 10.1. The van der Waals surface area contributed by atoms with Crippen molar-refractivity contribution in [1.29, 1.82) is 0 Å². The summed E-state index contributed by atoms with van der Waals surface area (Å²) >= 11 is 0. The number of carbonyl (C=O) groups is 2. The maximum Gasteiger partial charge on any atom is 0.231 e. The van der Waals surface area contributed by atoms with Crippen molar-refractivity contribution in [1.82, 2.24) is 9.80 Å². The van der Waals surface area contributed by atoms with Gasteiger partial charge in [-0.25, -0.2) is 0 Å². The summed E-state index contributed by atoms with van der Waals surface area (Å²) in [6.07, 6.45) is 3.88. The van der Waals surface area contributed by atoms with Crippen LogP contribution in [0, 0.1) is 5.92 Å². The van der Waals surface area contributed by atoms with Crippen molar-refractivity contribution < 1.29 is 19.1 Å². The molecule has 3 saturated heterocycles. The maximum absolute atomic E-state index is 13.0. The molecule has 4 aliphatic heterocycles. The van der Waals surface area contributed by atoms with Crippen molar-refractivity contribution in [2.75, 3.05) is 44.4 Å². The Kier molecular flexibility index (Phi) is 4.19. The highest BCUT2D eigenvalue weighted by Crippen LogP contribution is 2.37. The number of hydrogen-bond donors (Lipinski definition) is 0. The van der Waals surface area contributed by atoms with Crippen LogP contribution in [-0.4, -0.2) is 67.2 Å². The van der Waals surface area contributed by atoms with E-state index in [9.17, 15) is 9.59 Å². The Morgan fingerprint density at radius 2 is 1.85 bits per heavy atom. The van der Waals surface area contributed by atoms with Gasteiger partial charge in [0.05, 0.1) is 5.92 Å². The van der Waals surface area contributed by atoms with Crippen molar-refractivity contribution in [3.05, 3.63) is 18.2 Å². The number of carbonyl (C=O) groups excluding carboxylic acids is 2. The van der Waals surface area contributed by atoms with Gasteiger partial charge in [0.15, 0.2) is 11.5 Å². The van der Waals surface area contributed by atoms with E-state index in [4.69, 9.17) is 9.47 Å². The molecule has 2 atom stereocenters. The highest BCUT2D eigenvalue weighted by molar-refractivity contribution is 6.00. The van der Waals surface area contributed by atoms with Gasteiger partial charge in [0, 0.05) is 43.9 Å². The molecule has 4 heterocycles. The van der Waals surface area contributed by atoms with Crippen molar-refractivity contribution in [3.8, 4) is 11.5 Å². The van der Waals surface area contributed by atoms with Crippen LogP contribution in [0.1, 0.15) is 25.7 Å². The molecular weight excluding hydrogens is 346 g/mol. The number of rotatable bonds is 3. The van der Waals surface area contributed by atoms with E-state index in [-0.39, 0.29) is 30.9 Å². The van der Waals surface area contributed by atoms with Gasteiger partial charge in [0.1, 0.15) is 0 Å². The number of anilines is 1. The normalized spacial score (nSPS) is 27.8. The Hall–Kier alpha value is -2.28. The number of ether oxygens (including phenoxy) is 2. The standard InChI is InChI=1S/C20H25N3O4/c24-19-9-14(11-23(19)15-3-4-17-18(10-15)27-13-26-17)20(25)22-8-5-16(12-22)21-6-1-2-7-21/h3-4,10,14,16H,1-2,5-9,11-13H2. The monoisotopic (exact) mass is 371 g/mol. The first kappa shape index (κ1) is 16.9. The summed E-state index contributed by atoms with van der Waals surface area (Å²) in [6, 6.07) is 6.00. The zero-order chi connectivity index (χ0) is 18.4. The van der Waals surface area contributed by atoms with E-state index in [0.717, 1.165) is 38.3 Å². The Bertz CT molecular complexity index is 762. The number of hydrogen-bond acceptors (Lipinski definition) is 5. The molecule has 3 fully saturated rings. The Balaban J connectivity index is 1.24. The number of benzene rings is 1. The summed E-state index contributed by atoms with van der Waals surface area (Å²) in [6.45, 7) is 4.60. The summed E-state index contributed by atoms with van der Waals surface area (Å²) in [5.74, 6) is 1.24. The minimum atomic E-state index is -0.250. The third kappa shape index (κ3) is 3.04. The van der Waals surface area contributed by atoms with Crippen molar-refractivity contribution >= 4 is 17.5 Å². The Labute approximate surface area is 158 Å². The minimum absolute atomic E-state index is 0.00232. The molecule has 4 aliphatic rings. The van der Waals surface area contributed by atoms with Crippen LogP contribution in [0.2, 0.25) is 0 Å². The van der Waals surface area contributed by atoms with Gasteiger partial charge in [0.2, 0.25) is 18.6 Å². The Morgan fingerprint density at radius 1 is 1.04 bits per heavy atom. The van der Waals surface area contributed by atoms with E-state index < -0.39 is 0 Å². The van der Waals surface area contributed by atoms with Crippen LogP contribution in [0.4, 0.5) is 5.69 Å². The van der Waals surface area contributed by atoms with E-state index in [1.165, 1.54) is 12.8 Å². The summed E-state index contributed by atoms with van der Waals surface area (Å²) in [5, 5.41) is 0. The third-order valence-electron chi connectivity index (χ3n) is 6.27. The lowest BCUT2D eigenvalue weighted by Gasteiger charge is -2.25. The van der Waals surface area contributed by atoms with Crippen LogP contribution in [-0.2, 0) is 9.59 Å². The molecule has 7 heteroatoms. The molecule has 0 spiro atoms. The average Bonchev–Trinajstić information content (AvgIpc) is 3.46. The average molecular weight is 371 g/mol. The second kappa shape index (κ2) is 6.71. The lowest BCUT2D eigenvalue weighted by molar-refractivity contribution is -0.135. The van der Waals surface area contributed by atoms with Gasteiger partial charge >= 0.3 is 0 Å². The first-order valence-electron chi connectivity index (χ1n) is 9.92. The van der Waals surface area contributed by atoms with E-state index in [1.54, 1.807) is 4.90 Å². The lowest BCUT2D eigenvalue weighted by Crippen LogP contribution is -2.40. The molecule has 0 N–H and O–H groups in total. The largest absolute Gasteiger partial charge is 0.454 e. The number of fused-ring (bicyclic) bond motifs is 1. The fraction of sp³-hybridized carbons (Fsp3) is 0.600. The SMILES string of the molecule is O=C(C1CC(=O)N(c2ccc3c(c2)OCO3)C1)N1CCC(N2CCCC2)C1. The number of likely N-dealkylation sites (tertiary alicyclic amines) is 2. The van der Waals surface area contributed by atoms with Crippen LogP contribution < -0.4 is 14.4 Å². The molecule has 0 aliphatic carbocycles. The van der Waals surface area contributed by atoms with Crippen LogP contribution in [0.5, 0.6) is 11.5 Å². The minimum Gasteiger partial charge on any atom is -0.454 e. The zero-order valence-electron chi connectivity index (χ0n) is 15.4. The Morgan fingerprint density at radius 3 is 2.70 bits per heavy atom. The topological polar surface area (TPSA) is 62.3 Å². The first-order chi connectivity index (χ1) is 13.2. The van der Waals surface area contributed by atoms with Crippen molar-refractivity contribution in [2.45, 2.75) is 31.7 Å². The van der Waals surface area contributed by atoms with Gasteiger partial charge in [-0.1, -0.05) is 0 Å². The fourth-order valence-electron chi connectivity index (χ4n) is 4.78. The molecule has 1 aromatic rings. The van der Waals surface area contributed by atoms with Gasteiger partial charge in [0.25, 0.3) is 0 Å². The molecule has 27 heavy (non-hydrogen) atoms. The van der Waals surface area contributed by atoms with Crippen LogP contribution in [0.15, 0.2) is 18.2 Å². The van der Waals surface area contributed by atoms with Crippen molar-refractivity contribution in [3.63, 3.8) is 0 Å². The predicted octanol–water partition coefficient (Wildman–Crippen LogP) is 1.46. The molecule has 7 nitrogen and oxygen atoms in total. The van der Waals surface area contributed by atoms with Crippen LogP contribution >= 0.6 is 0 Å². The summed E-state index contributed by atoms with van der Waals surface area (Å²) in [5.41, 5.74) is 0.774. The van der Waals surface area contributed by atoms with E-state index in [2.05, 4.69) is 4.90 Å². The van der Waals surface area contributed by atoms with Crippen LogP contribution in [0.3, 0.4) is 0 Å². The molecular formula is C20H25N3O4. The molecule has 144 valence electrons. The van der Waals surface area contributed by atoms with Crippen LogP contribution in [0.25, 0.3) is 0 Å². The number of nitrogens with zero attached hydrogens (tertiary/aromatic N) is 3. The second-order valence-corrected chi connectivity index (χ2v) is 7.91. The van der Waals surface area contributed by atoms with Gasteiger partial charge in [-0.2, -0.15) is 0 Å². The molecule has 2 amide bonds. The predicted molar refractivity (Wildman–Crippen MR) is 98.8 cm³/mol. The van der Waals surface area contributed by atoms with Gasteiger partial charge in [-0.05, 0) is 44.5 Å². The molecule has 5 rings (SSSR count). The van der Waals surface area contributed by atoms with Crippen molar-refractivity contribution in [2.24, 2.45) is 5.92 Å². The molecule has 0 bridgehead atoms. The van der Waals surface area contributed by atoms with Gasteiger partial charge in [-0.15, -0.1) is 0 Å². The highest BCUT2D eigenvalue weighted by atomic mass is 16.7. The molecule has 2 unspecified atom stereocenters. The molecule has 0 aromatic heterocycles. The number of amides is 2. The summed E-state index contributed by atoms with van der Waals surface area (Å²) < 4.78 is 10.7. The summed E-state index contributed by atoms with van der Waals surface area (Å²) in [7, 11) is 0. The first-order valence-corrected chi connectivity index (χ1v) is 9.92. The molecule has 1 aromatic carbocycles. The maximum atomic E-state index is 13.0. The van der Waals surface area contributed by atoms with E-state index in [0.29, 0.717) is 24.1 Å². The van der Waals surface area contributed by atoms with E-state index >= 15 is 0 Å². The molecule has 0 radical (unpaired) electrons. The van der Waals surface area contributed by atoms with Gasteiger partial charge in [-0.3, -0.25) is 14.5 Å². The third-order valence-corrected chi connectivity index (χ3v) is 6.27. The zero-order valence-corrected chi connectivity index (χ0v) is 15.4. The van der Waals surface area contributed by atoms with Gasteiger partial charge < -0.3 is 19.3 Å². The molecule has 0 saturated carbocycles. The fourth-order valence-corrected chi connectivity index (χ4v) is 4.78. The quantitative estimate of drug-likeness (QED) is 0.805. The smallest absolute Gasteiger partial charge is 0.231 e. The second-order valence-electron chi connectivity index (χ2n) is 7.91. The van der Waals surface area contributed by atoms with E-state index in [1.807, 2.05) is 23.1 Å². The highest BCUT2D eigenvalue weighted by Gasteiger charge is 2.40. The summed E-state index contributed by atoms with van der Waals surface area (Å²) in [4.78, 5) is 31.8.